The molecule has 172 valence electrons. The highest BCUT2D eigenvalue weighted by Gasteiger charge is 2.23. The average molecular weight is 466 g/mol. The Morgan fingerprint density at radius 1 is 1.15 bits per heavy atom. The minimum absolute atomic E-state index is 0.162. The van der Waals surface area contributed by atoms with Crippen LogP contribution in [0.25, 0.3) is 21.3 Å². The lowest BCUT2D eigenvalue weighted by atomic mass is 10.2. The fourth-order valence-electron chi connectivity index (χ4n) is 4.16. The molecule has 9 nitrogen and oxygen atoms in total. The molecule has 0 N–H and O–H groups in total. The van der Waals surface area contributed by atoms with Crippen molar-refractivity contribution in [1.29, 1.82) is 0 Å². The number of carbonyl (C=O) groups excluding carboxylic acids is 1. The quantitative estimate of drug-likeness (QED) is 0.370. The van der Waals surface area contributed by atoms with E-state index < -0.39 is 0 Å². The van der Waals surface area contributed by atoms with E-state index in [0.717, 1.165) is 53.0 Å². The van der Waals surface area contributed by atoms with Gasteiger partial charge in [-0.2, -0.15) is 0 Å². The number of aromatic nitrogens is 5. The van der Waals surface area contributed by atoms with Crippen LogP contribution in [0.5, 0.6) is 0 Å². The van der Waals surface area contributed by atoms with E-state index in [-0.39, 0.29) is 5.91 Å². The number of fused-ring (bicyclic) bond motifs is 2. The first-order valence-electron chi connectivity index (χ1n) is 11.4. The summed E-state index contributed by atoms with van der Waals surface area (Å²) in [5, 5.41) is 9.20. The maximum atomic E-state index is 12.7. The van der Waals surface area contributed by atoms with Crippen molar-refractivity contribution in [2.24, 2.45) is 0 Å². The van der Waals surface area contributed by atoms with Crippen molar-refractivity contribution in [2.45, 2.75) is 32.6 Å². The molecule has 3 aromatic heterocycles. The lowest BCUT2D eigenvalue weighted by molar-refractivity contribution is -0.131. The Balaban J connectivity index is 1.11. The number of rotatable bonds is 8. The zero-order valence-corrected chi connectivity index (χ0v) is 19.5. The summed E-state index contributed by atoms with van der Waals surface area (Å²) in [6, 6.07) is 9.86. The number of nitrogens with zero attached hydrogens (tertiary/aromatic N) is 7. The van der Waals surface area contributed by atoms with Gasteiger partial charge < -0.3 is 14.6 Å². The second kappa shape index (κ2) is 9.70. The smallest absolute Gasteiger partial charge is 0.222 e. The summed E-state index contributed by atoms with van der Waals surface area (Å²) in [6.45, 7) is 5.55. The molecule has 1 saturated heterocycles. The van der Waals surface area contributed by atoms with Crippen molar-refractivity contribution in [3.63, 3.8) is 0 Å². The summed E-state index contributed by atoms with van der Waals surface area (Å²) in [4.78, 5) is 35.4. The molecule has 0 bridgehead atoms. The molecule has 1 amide bonds. The molecule has 0 aliphatic carbocycles. The number of carbonyl (C=O) groups is 1. The van der Waals surface area contributed by atoms with Gasteiger partial charge in [0, 0.05) is 37.5 Å². The summed E-state index contributed by atoms with van der Waals surface area (Å²) in [5.74, 6) is 1.15. The topological polar surface area (TPSA) is 89.3 Å². The predicted octanol–water partition coefficient (Wildman–Crippen LogP) is 2.95. The Labute approximate surface area is 195 Å². The molecule has 0 saturated carbocycles. The van der Waals surface area contributed by atoms with Crippen LogP contribution in [0.1, 0.15) is 31.1 Å². The highest BCUT2D eigenvalue weighted by atomic mass is 32.1. The van der Waals surface area contributed by atoms with Crippen LogP contribution in [0, 0.1) is 0 Å². The highest BCUT2D eigenvalue weighted by Crippen LogP contribution is 2.31. The van der Waals surface area contributed by atoms with Gasteiger partial charge in [0.05, 0.1) is 5.39 Å². The molecule has 1 aliphatic rings. The van der Waals surface area contributed by atoms with Crippen molar-refractivity contribution in [3.05, 3.63) is 41.5 Å². The Kier molecular flexibility index (Phi) is 6.34. The molecule has 10 heteroatoms. The molecule has 1 aliphatic heterocycles. The number of aryl methyl sites for hydroxylation is 1. The van der Waals surface area contributed by atoms with Crippen LogP contribution >= 0.6 is 11.3 Å². The van der Waals surface area contributed by atoms with Crippen LogP contribution in [-0.2, 0) is 11.2 Å². The number of piperazine rings is 1. The summed E-state index contributed by atoms with van der Waals surface area (Å²) in [6.07, 6.45) is 4.93. The van der Waals surface area contributed by atoms with Gasteiger partial charge >= 0.3 is 0 Å². The molecule has 4 aromatic rings. The number of thiophene rings is 1. The van der Waals surface area contributed by atoms with Crippen molar-refractivity contribution >= 4 is 44.3 Å². The lowest BCUT2D eigenvalue weighted by Crippen LogP contribution is -2.49. The van der Waals surface area contributed by atoms with E-state index in [2.05, 4.69) is 38.2 Å². The van der Waals surface area contributed by atoms with Crippen LogP contribution in [0.15, 0.2) is 36.7 Å². The summed E-state index contributed by atoms with van der Waals surface area (Å²) >= 11 is 1.75. The van der Waals surface area contributed by atoms with Gasteiger partial charge in [-0.3, -0.25) is 4.79 Å². The predicted molar refractivity (Wildman–Crippen MR) is 128 cm³/mol. The molecule has 4 heterocycles. The Morgan fingerprint density at radius 3 is 2.85 bits per heavy atom. The van der Waals surface area contributed by atoms with E-state index in [0.29, 0.717) is 32.5 Å². The first-order chi connectivity index (χ1) is 16.2. The molecule has 0 radical (unpaired) electrons. The minimum atomic E-state index is 0.162. The molecular formula is C23H27N7O2S. The second-order valence-corrected chi connectivity index (χ2v) is 9.25. The van der Waals surface area contributed by atoms with Crippen LogP contribution in [-0.4, -0.2) is 68.7 Å². The molecule has 5 rings (SSSR count). The van der Waals surface area contributed by atoms with Gasteiger partial charge in [0.1, 0.15) is 34.6 Å². The highest BCUT2D eigenvalue weighted by molar-refractivity contribution is 7.18. The fraction of sp³-hybridized carbons (Fsp3) is 0.435. The Morgan fingerprint density at radius 2 is 2.00 bits per heavy atom. The van der Waals surface area contributed by atoms with E-state index in [1.54, 1.807) is 17.7 Å². The van der Waals surface area contributed by atoms with Crippen LogP contribution in [0.4, 0.5) is 5.82 Å². The van der Waals surface area contributed by atoms with Gasteiger partial charge in [-0.05, 0) is 36.3 Å². The van der Waals surface area contributed by atoms with E-state index in [9.17, 15) is 4.79 Å². The van der Waals surface area contributed by atoms with Gasteiger partial charge in [-0.25, -0.2) is 9.97 Å². The van der Waals surface area contributed by atoms with Crippen LogP contribution in [0.2, 0.25) is 0 Å². The van der Waals surface area contributed by atoms with Gasteiger partial charge in [0.2, 0.25) is 5.91 Å². The maximum Gasteiger partial charge on any atom is 0.222 e. The Hall–Kier alpha value is -3.27. The molecule has 0 unspecified atom stereocenters. The van der Waals surface area contributed by atoms with E-state index in [1.165, 1.54) is 9.72 Å². The van der Waals surface area contributed by atoms with Gasteiger partial charge in [-0.1, -0.05) is 30.3 Å². The number of hydrogen-bond acceptors (Lipinski definition) is 8. The lowest BCUT2D eigenvalue weighted by Gasteiger charge is -2.35. The standard InChI is InChI=1S/C23H27N7O2S/c1-2-6-17-15-18-22(24-16-25-23(18)33-17)29-12-10-28(11-13-29)21(31)9-5-14-32-30-20-8-4-3-7-19(20)26-27-30/h3-4,7-8,15-16H,2,5-6,9-14H2,1H3. The third-order valence-electron chi connectivity index (χ3n) is 5.86. The summed E-state index contributed by atoms with van der Waals surface area (Å²) in [7, 11) is 0. The molecule has 0 atom stereocenters. The third-order valence-corrected chi connectivity index (χ3v) is 6.96. The minimum Gasteiger partial charge on any atom is -0.395 e. The van der Waals surface area contributed by atoms with Crippen molar-refractivity contribution in [2.75, 3.05) is 37.7 Å². The van der Waals surface area contributed by atoms with E-state index in [4.69, 9.17) is 4.84 Å². The van der Waals surface area contributed by atoms with E-state index >= 15 is 0 Å². The molecule has 33 heavy (non-hydrogen) atoms. The zero-order valence-electron chi connectivity index (χ0n) is 18.7. The van der Waals surface area contributed by atoms with Crippen molar-refractivity contribution in [3.8, 4) is 0 Å². The number of anilines is 1. The normalized spacial score (nSPS) is 14.3. The number of hydrogen-bond donors (Lipinski definition) is 0. The molecular weight excluding hydrogens is 438 g/mol. The summed E-state index contributed by atoms with van der Waals surface area (Å²) < 4.78 is 0. The maximum absolute atomic E-state index is 12.7. The van der Waals surface area contributed by atoms with Crippen LogP contribution in [0.3, 0.4) is 0 Å². The first-order valence-corrected chi connectivity index (χ1v) is 12.2. The molecule has 1 fully saturated rings. The number of para-hydroxylation sites is 1. The molecule has 0 spiro atoms. The fourth-order valence-corrected chi connectivity index (χ4v) is 5.25. The second-order valence-electron chi connectivity index (χ2n) is 8.13. The van der Waals surface area contributed by atoms with Gasteiger partial charge in [0.15, 0.2) is 0 Å². The first kappa shape index (κ1) is 21.6. The summed E-state index contributed by atoms with van der Waals surface area (Å²) in [5.41, 5.74) is 1.61. The number of benzene rings is 1. The monoisotopic (exact) mass is 465 g/mol. The molecule has 1 aromatic carbocycles. The third kappa shape index (κ3) is 4.61. The van der Waals surface area contributed by atoms with Gasteiger partial charge in [0.25, 0.3) is 0 Å². The average Bonchev–Trinajstić information content (AvgIpc) is 3.45. The van der Waals surface area contributed by atoms with E-state index in [1.807, 2.05) is 29.2 Å². The largest absolute Gasteiger partial charge is 0.395 e. The SMILES string of the molecule is CCCc1cc2c(N3CCN(C(=O)CCCOn4nnc5ccccc54)CC3)ncnc2s1. The number of amides is 1. The van der Waals surface area contributed by atoms with Crippen molar-refractivity contribution in [1.82, 2.24) is 30.0 Å². The van der Waals surface area contributed by atoms with Crippen molar-refractivity contribution < 1.29 is 9.63 Å². The Bertz CT molecular complexity index is 1250. The van der Waals surface area contributed by atoms with Gasteiger partial charge in [-0.15, -0.1) is 16.4 Å². The van der Waals surface area contributed by atoms with Crippen LogP contribution < -0.4 is 9.74 Å². The zero-order chi connectivity index (χ0) is 22.6.